The molecule has 1 atom stereocenters. The van der Waals surface area contributed by atoms with Crippen LogP contribution in [0.15, 0.2) is 24.3 Å². The van der Waals surface area contributed by atoms with E-state index in [9.17, 15) is 9.59 Å². The second-order valence-electron chi connectivity index (χ2n) is 4.28. The van der Waals surface area contributed by atoms with Gasteiger partial charge < -0.3 is 10.4 Å². The Morgan fingerprint density at radius 2 is 1.95 bits per heavy atom. The molecule has 0 saturated heterocycles. The molecule has 4 nitrogen and oxygen atoms in total. The summed E-state index contributed by atoms with van der Waals surface area (Å²) in [5, 5.41) is 11.3. The second kappa shape index (κ2) is 7.84. The van der Waals surface area contributed by atoms with Crippen LogP contribution in [0.5, 0.6) is 0 Å². The lowest BCUT2D eigenvalue weighted by Gasteiger charge is -2.08. The first-order chi connectivity index (χ1) is 9.04. The van der Waals surface area contributed by atoms with Crippen molar-refractivity contribution in [1.29, 1.82) is 0 Å². The van der Waals surface area contributed by atoms with Gasteiger partial charge in [0.2, 0.25) is 0 Å². The lowest BCUT2D eigenvalue weighted by atomic mass is 10.1. The fraction of sp³-hybridized carbons (Fsp3) is 0.429. The van der Waals surface area contributed by atoms with Gasteiger partial charge in [-0.3, -0.25) is 9.59 Å². The van der Waals surface area contributed by atoms with Gasteiger partial charge in [0.05, 0.1) is 5.92 Å². The number of benzene rings is 1. The number of carbonyl (C=O) groups is 2. The van der Waals surface area contributed by atoms with Crippen molar-refractivity contribution in [3.05, 3.63) is 35.4 Å². The Hall–Kier alpha value is -1.49. The smallest absolute Gasteiger partial charge is 0.308 e. The number of aliphatic carboxylic acids is 1. The Kier molecular flexibility index (Phi) is 6.42. The fourth-order valence-electron chi connectivity index (χ4n) is 1.41. The highest BCUT2D eigenvalue weighted by molar-refractivity contribution is 7.98. The average Bonchev–Trinajstić information content (AvgIpc) is 2.42. The highest BCUT2D eigenvalue weighted by atomic mass is 32.2. The Morgan fingerprint density at radius 3 is 2.47 bits per heavy atom. The summed E-state index contributed by atoms with van der Waals surface area (Å²) in [5.74, 6) is 0.281. The van der Waals surface area contributed by atoms with Crippen molar-refractivity contribution in [3.8, 4) is 0 Å². The predicted molar refractivity (Wildman–Crippen MR) is 77.4 cm³/mol. The molecule has 0 aromatic heterocycles. The Labute approximate surface area is 117 Å². The molecule has 19 heavy (non-hydrogen) atoms. The zero-order valence-electron chi connectivity index (χ0n) is 11.2. The highest BCUT2D eigenvalue weighted by Crippen LogP contribution is 2.12. The minimum atomic E-state index is -0.910. The van der Waals surface area contributed by atoms with Crippen molar-refractivity contribution in [2.75, 3.05) is 12.3 Å². The van der Waals surface area contributed by atoms with Crippen LogP contribution in [0, 0.1) is 5.92 Å². The molecule has 0 saturated carbocycles. The number of carboxylic acids is 1. The number of carbonyl (C=O) groups excluding carboxylic acids is 1. The summed E-state index contributed by atoms with van der Waals surface area (Å²) >= 11 is 1.83. The normalized spacial score (nSPS) is 11.9. The van der Waals surface area contributed by atoms with Gasteiger partial charge in [-0.25, -0.2) is 0 Å². The Bertz CT molecular complexity index is 431. The van der Waals surface area contributed by atoms with Gasteiger partial charge in [-0.2, -0.15) is 11.8 Å². The summed E-state index contributed by atoms with van der Waals surface area (Å²) in [6, 6.07) is 7.40. The summed E-state index contributed by atoms with van der Waals surface area (Å²) in [6.07, 6.45) is 0. The minimum absolute atomic E-state index is 0.140. The Balaban J connectivity index is 2.51. The van der Waals surface area contributed by atoms with E-state index in [1.807, 2.05) is 23.9 Å². The van der Waals surface area contributed by atoms with E-state index < -0.39 is 11.9 Å². The van der Waals surface area contributed by atoms with Crippen molar-refractivity contribution in [3.63, 3.8) is 0 Å². The Morgan fingerprint density at radius 1 is 1.32 bits per heavy atom. The maximum atomic E-state index is 11.8. The third-order valence-corrected chi connectivity index (χ3v) is 3.63. The van der Waals surface area contributed by atoms with Crippen molar-refractivity contribution >= 4 is 23.6 Å². The molecule has 0 spiro atoms. The highest BCUT2D eigenvalue weighted by Gasteiger charge is 2.12. The summed E-state index contributed by atoms with van der Waals surface area (Å²) < 4.78 is 0. The molecule has 1 aromatic carbocycles. The molecular formula is C14H19NO3S. The van der Waals surface area contributed by atoms with Crippen LogP contribution in [0.1, 0.15) is 29.8 Å². The van der Waals surface area contributed by atoms with E-state index in [4.69, 9.17) is 5.11 Å². The third kappa shape index (κ3) is 5.34. The fourth-order valence-corrected chi connectivity index (χ4v) is 2.04. The van der Waals surface area contributed by atoms with E-state index in [1.165, 1.54) is 5.56 Å². The van der Waals surface area contributed by atoms with Crippen LogP contribution in [0.4, 0.5) is 0 Å². The van der Waals surface area contributed by atoms with Crippen LogP contribution in [0.3, 0.4) is 0 Å². The number of carboxylic acid groups (broad SMARTS) is 1. The first kappa shape index (κ1) is 15.6. The molecule has 0 bridgehead atoms. The van der Waals surface area contributed by atoms with Gasteiger partial charge in [0.15, 0.2) is 0 Å². The van der Waals surface area contributed by atoms with Gasteiger partial charge in [0.1, 0.15) is 0 Å². The number of rotatable bonds is 7. The molecule has 1 rings (SSSR count). The maximum absolute atomic E-state index is 11.8. The molecule has 5 heteroatoms. The summed E-state index contributed by atoms with van der Waals surface area (Å²) in [6.45, 7) is 3.81. The number of amides is 1. The van der Waals surface area contributed by atoms with Crippen molar-refractivity contribution in [2.45, 2.75) is 19.6 Å². The summed E-state index contributed by atoms with van der Waals surface area (Å²) in [7, 11) is 0. The van der Waals surface area contributed by atoms with Gasteiger partial charge in [0, 0.05) is 17.9 Å². The number of hydrogen-bond donors (Lipinski definition) is 2. The number of hydrogen-bond acceptors (Lipinski definition) is 3. The first-order valence-corrected chi connectivity index (χ1v) is 7.37. The van der Waals surface area contributed by atoms with Gasteiger partial charge in [-0.1, -0.05) is 26.0 Å². The van der Waals surface area contributed by atoms with Gasteiger partial charge in [-0.05, 0) is 23.4 Å². The molecule has 0 fully saturated rings. The zero-order chi connectivity index (χ0) is 14.3. The van der Waals surface area contributed by atoms with Gasteiger partial charge in [-0.15, -0.1) is 0 Å². The van der Waals surface area contributed by atoms with Crippen LogP contribution in [0.25, 0.3) is 0 Å². The lowest BCUT2D eigenvalue weighted by molar-refractivity contribution is -0.140. The molecule has 104 valence electrons. The lowest BCUT2D eigenvalue weighted by Crippen LogP contribution is -2.31. The third-order valence-electron chi connectivity index (χ3n) is 2.68. The molecule has 0 aliphatic heterocycles. The zero-order valence-corrected chi connectivity index (χ0v) is 12.0. The van der Waals surface area contributed by atoms with Crippen LogP contribution in [-0.2, 0) is 10.5 Å². The molecule has 1 unspecified atom stereocenters. The molecule has 0 heterocycles. The van der Waals surface area contributed by atoms with Crippen LogP contribution in [0.2, 0.25) is 0 Å². The molecule has 0 aliphatic rings. The molecule has 1 aromatic rings. The SMILES string of the molecule is CCSCc1ccc(C(=O)NCC(C)C(=O)O)cc1. The molecule has 1 amide bonds. The minimum Gasteiger partial charge on any atom is -0.481 e. The van der Waals surface area contributed by atoms with Crippen molar-refractivity contribution in [2.24, 2.45) is 5.92 Å². The van der Waals surface area contributed by atoms with Gasteiger partial charge in [0.25, 0.3) is 5.91 Å². The maximum Gasteiger partial charge on any atom is 0.308 e. The van der Waals surface area contributed by atoms with E-state index in [0.29, 0.717) is 5.56 Å². The standard InChI is InChI=1S/C14H19NO3S/c1-3-19-9-11-4-6-12(7-5-11)13(16)15-8-10(2)14(17)18/h4-7,10H,3,8-9H2,1-2H3,(H,15,16)(H,17,18). The summed E-state index contributed by atoms with van der Waals surface area (Å²) in [4.78, 5) is 22.4. The molecule has 0 radical (unpaired) electrons. The van der Waals surface area contributed by atoms with E-state index in [-0.39, 0.29) is 12.5 Å². The van der Waals surface area contributed by atoms with E-state index in [0.717, 1.165) is 11.5 Å². The number of nitrogens with one attached hydrogen (secondary N) is 1. The topological polar surface area (TPSA) is 66.4 Å². The largest absolute Gasteiger partial charge is 0.481 e. The van der Waals surface area contributed by atoms with E-state index in [1.54, 1.807) is 19.1 Å². The molecular weight excluding hydrogens is 262 g/mol. The average molecular weight is 281 g/mol. The number of thioether (sulfide) groups is 1. The molecule has 2 N–H and O–H groups in total. The predicted octanol–water partition coefficient (Wildman–Crippen LogP) is 2.39. The van der Waals surface area contributed by atoms with E-state index in [2.05, 4.69) is 12.2 Å². The van der Waals surface area contributed by atoms with Crippen molar-refractivity contribution < 1.29 is 14.7 Å². The molecule has 0 aliphatic carbocycles. The van der Waals surface area contributed by atoms with Crippen LogP contribution in [-0.4, -0.2) is 29.3 Å². The first-order valence-electron chi connectivity index (χ1n) is 6.22. The van der Waals surface area contributed by atoms with Crippen LogP contribution >= 0.6 is 11.8 Å². The second-order valence-corrected chi connectivity index (χ2v) is 5.56. The van der Waals surface area contributed by atoms with Crippen LogP contribution < -0.4 is 5.32 Å². The van der Waals surface area contributed by atoms with E-state index >= 15 is 0 Å². The summed E-state index contributed by atoms with van der Waals surface area (Å²) in [5.41, 5.74) is 1.74. The monoisotopic (exact) mass is 281 g/mol. The van der Waals surface area contributed by atoms with Crippen molar-refractivity contribution in [1.82, 2.24) is 5.32 Å². The van der Waals surface area contributed by atoms with Gasteiger partial charge >= 0.3 is 5.97 Å². The quantitative estimate of drug-likeness (QED) is 0.805.